The van der Waals surface area contributed by atoms with Crippen LogP contribution in [0, 0.1) is 0 Å². The van der Waals surface area contributed by atoms with E-state index in [1.54, 1.807) is 6.26 Å². The first-order valence-corrected chi connectivity index (χ1v) is 8.56. The van der Waals surface area contributed by atoms with E-state index < -0.39 is 0 Å². The molecule has 0 spiro atoms. The Labute approximate surface area is 157 Å². The fraction of sp³-hybridized carbons (Fsp3) is 0.706. The van der Waals surface area contributed by atoms with Crippen LogP contribution in [0.15, 0.2) is 27.8 Å². The van der Waals surface area contributed by atoms with E-state index in [2.05, 4.69) is 42.4 Å². The molecule has 132 valence electrons. The van der Waals surface area contributed by atoms with Crippen LogP contribution in [0.2, 0.25) is 0 Å². The number of guanidine groups is 1. The molecular weight excluding hydrogens is 403 g/mol. The van der Waals surface area contributed by atoms with Gasteiger partial charge in [0.25, 0.3) is 0 Å². The maximum atomic E-state index is 5.65. The number of nitrogens with one attached hydrogen (secondary N) is 2. The quantitative estimate of drug-likeness (QED) is 0.393. The van der Waals surface area contributed by atoms with Gasteiger partial charge in [-0.2, -0.15) is 0 Å². The first-order chi connectivity index (χ1) is 10.7. The standard InChI is InChI=1S/C17H30N4O.HI/c1-4-14(3)20-17(18-5-2)19-13-15(16-9-8-12-22-16)21-10-6-7-11-21;/h8-9,12,14-15H,4-7,10-11,13H2,1-3H3,(H2,18,19,20);1H. The molecule has 2 N–H and O–H groups in total. The van der Waals surface area contributed by atoms with Crippen molar-refractivity contribution >= 4 is 29.9 Å². The van der Waals surface area contributed by atoms with Crippen molar-refractivity contribution in [3.05, 3.63) is 24.2 Å². The number of halogens is 1. The minimum atomic E-state index is 0. The Bertz CT molecular complexity index is 443. The van der Waals surface area contributed by atoms with Crippen LogP contribution in [0.25, 0.3) is 0 Å². The van der Waals surface area contributed by atoms with Gasteiger partial charge in [-0.1, -0.05) is 6.92 Å². The zero-order chi connectivity index (χ0) is 15.8. The van der Waals surface area contributed by atoms with E-state index in [1.165, 1.54) is 12.8 Å². The van der Waals surface area contributed by atoms with Crippen LogP contribution in [0.4, 0.5) is 0 Å². The Morgan fingerprint density at radius 2 is 2.09 bits per heavy atom. The lowest BCUT2D eigenvalue weighted by molar-refractivity contribution is 0.221. The third-order valence-electron chi connectivity index (χ3n) is 4.22. The Hall–Kier alpha value is -0.760. The molecule has 2 atom stereocenters. The van der Waals surface area contributed by atoms with Crippen LogP contribution in [-0.2, 0) is 0 Å². The number of nitrogens with zero attached hydrogens (tertiary/aromatic N) is 2. The van der Waals surface area contributed by atoms with Crippen molar-refractivity contribution in [1.29, 1.82) is 0 Å². The second kappa shape index (κ2) is 10.9. The van der Waals surface area contributed by atoms with E-state index in [4.69, 9.17) is 9.41 Å². The van der Waals surface area contributed by atoms with Gasteiger partial charge in [0.1, 0.15) is 5.76 Å². The summed E-state index contributed by atoms with van der Waals surface area (Å²) in [5, 5.41) is 6.78. The third kappa shape index (κ3) is 6.33. The molecule has 0 saturated carbocycles. The lowest BCUT2D eigenvalue weighted by Crippen LogP contribution is -2.42. The smallest absolute Gasteiger partial charge is 0.191 e. The van der Waals surface area contributed by atoms with Crippen molar-refractivity contribution in [2.75, 3.05) is 26.2 Å². The maximum Gasteiger partial charge on any atom is 0.191 e. The Morgan fingerprint density at radius 1 is 1.35 bits per heavy atom. The van der Waals surface area contributed by atoms with Crippen LogP contribution < -0.4 is 10.6 Å². The monoisotopic (exact) mass is 434 g/mol. The van der Waals surface area contributed by atoms with Crippen LogP contribution in [-0.4, -0.2) is 43.1 Å². The average molecular weight is 434 g/mol. The highest BCUT2D eigenvalue weighted by atomic mass is 127. The van der Waals surface area contributed by atoms with Gasteiger partial charge in [-0.05, 0) is 58.3 Å². The molecule has 2 heterocycles. The summed E-state index contributed by atoms with van der Waals surface area (Å²) in [6.45, 7) is 10.3. The summed E-state index contributed by atoms with van der Waals surface area (Å²) in [6.07, 6.45) is 5.38. The molecule has 1 aliphatic rings. The highest BCUT2D eigenvalue weighted by Crippen LogP contribution is 2.25. The normalized spacial score (nSPS) is 18.3. The van der Waals surface area contributed by atoms with Gasteiger partial charge < -0.3 is 15.1 Å². The van der Waals surface area contributed by atoms with Gasteiger partial charge in [0.15, 0.2) is 5.96 Å². The van der Waals surface area contributed by atoms with Crippen LogP contribution in [0.3, 0.4) is 0 Å². The van der Waals surface area contributed by atoms with E-state index >= 15 is 0 Å². The van der Waals surface area contributed by atoms with Crippen molar-refractivity contribution < 1.29 is 4.42 Å². The van der Waals surface area contributed by atoms with Gasteiger partial charge in [-0.25, -0.2) is 0 Å². The molecule has 1 aromatic heterocycles. The number of aliphatic imine (C=N–C) groups is 1. The fourth-order valence-corrected chi connectivity index (χ4v) is 2.75. The molecule has 1 fully saturated rings. The lowest BCUT2D eigenvalue weighted by Gasteiger charge is -2.25. The highest BCUT2D eigenvalue weighted by molar-refractivity contribution is 14.0. The molecule has 0 aromatic carbocycles. The Kier molecular flexibility index (Phi) is 9.62. The SMILES string of the molecule is CCNC(=NCC(c1ccco1)N1CCCC1)NC(C)CC.I. The molecule has 6 heteroatoms. The first-order valence-electron chi connectivity index (χ1n) is 8.56. The van der Waals surface area contributed by atoms with E-state index in [-0.39, 0.29) is 30.0 Å². The summed E-state index contributed by atoms with van der Waals surface area (Å²) in [6, 6.07) is 4.69. The largest absolute Gasteiger partial charge is 0.468 e. The predicted octanol–water partition coefficient (Wildman–Crippen LogP) is 3.39. The Morgan fingerprint density at radius 3 is 2.65 bits per heavy atom. The zero-order valence-corrected chi connectivity index (χ0v) is 16.9. The molecule has 0 radical (unpaired) electrons. The molecule has 1 aromatic rings. The van der Waals surface area contributed by atoms with Crippen molar-refractivity contribution in [3.63, 3.8) is 0 Å². The molecule has 1 aliphatic heterocycles. The van der Waals surface area contributed by atoms with Gasteiger partial charge in [-0.3, -0.25) is 9.89 Å². The molecule has 5 nitrogen and oxygen atoms in total. The predicted molar refractivity (Wildman–Crippen MR) is 107 cm³/mol. The molecular formula is C17H31IN4O. The van der Waals surface area contributed by atoms with Crippen molar-refractivity contribution in [2.45, 2.75) is 52.1 Å². The summed E-state index contributed by atoms with van der Waals surface area (Å²) in [5.41, 5.74) is 0. The van der Waals surface area contributed by atoms with Gasteiger partial charge in [0.05, 0.1) is 18.8 Å². The summed E-state index contributed by atoms with van der Waals surface area (Å²) in [4.78, 5) is 7.28. The van der Waals surface area contributed by atoms with Crippen LogP contribution in [0.1, 0.15) is 51.8 Å². The average Bonchev–Trinajstić information content (AvgIpc) is 3.21. The molecule has 23 heavy (non-hydrogen) atoms. The van der Waals surface area contributed by atoms with Crippen LogP contribution in [0.5, 0.6) is 0 Å². The van der Waals surface area contributed by atoms with E-state index in [1.807, 2.05) is 6.07 Å². The molecule has 2 unspecified atom stereocenters. The van der Waals surface area contributed by atoms with Crippen molar-refractivity contribution in [3.8, 4) is 0 Å². The van der Waals surface area contributed by atoms with Crippen molar-refractivity contribution in [2.24, 2.45) is 4.99 Å². The molecule has 0 aliphatic carbocycles. The molecule has 0 bridgehead atoms. The molecule has 0 amide bonds. The van der Waals surface area contributed by atoms with Gasteiger partial charge >= 0.3 is 0 Å². The summed E-state index contributed by atoms with van der Waals surface area (Å²) >= 11 is 0. The zero-order valence-electron chi connectivity index (χ0n) is 14.5. The van der Waals surface area contributed by atoms with E-state index in [0.29, 0.717) is 6.04 Å². The number of furan rings is 1. The van der Waals surface area contributed by atoms with E-state index in [9.17, 15) is 0 Å². The number of likely N-dealkylation sites (tertiary alicyclic amines) is 1. The minimum absolute atomic E-state index is 0. The number of rotatable bonds is 7. The fourth-order valence-electron chi connectivity index (χ4n) is 2.75. The number of hydrogen-bond donors (Lipinski definition) is 2. The minimum Gasteiger partial charge on any atom is -0.468 e. The van der Waals surface area contributed by atoms with Gasteiger partial charge in [0, 0.05) is 12.6 Å². The van der Waals surface area contributed by atoms with Crippen LogP contribution >= 0.6 is 24.0 Å². The first kappa shape index (κ1) is 20.3. The maximum absolute atomic E-state index is 5.65. The summed E-state index contributed by atoms with van der Waals surface area (Å²) in [7, 11) is 0. The molecule has 1 saturated heterocycles. The number of hydrogen-bond acceptors (Lipinski definition) is 3. The molecule has 2 rings (SSSR count). The topological polar surface area (TPSA) is 52.8 Å². The second-order valence-corrected chi connectivity index (χ2v) is 5.95. The van der Waals surface area contributed by atoms with E-state index in [0.717, 1.165) is 44.3 Å². The third-order valence-corrected chi connectivity index (χ3v) is 4.22. The lowest BCUT2D eigenvalue weighted by atomic mass is 10.2. The summed E-state index contributed by atoms with van der Waals surface area (Å²) < 4.78 is 5.65. The van der Waals surface area contributed by atoms with Gasteiger partial charge in [0.2, 0.25) is 0 Å². The summed E-state index contributed by atoms with van der Waals surface area (Å²) in [5.74, 6) is 1.91. The second-order valence-electron chi connectivity index (χ2n) is 5.95. The highest BCUT2D eigenvalue weighted by Gasteiger charge is 2.25. The van der Waals surface area contributed by atoms with Crippen molar-refractivity contribution in [1.82, 2.24) is 15.5 Å². The Balaban J connectivity index is 0.00000264. The van der Waals surface area contributed by atoms with Gasteiger partial charge in [-0.15, -0.1) is 24.0 Å².